The van der Waals surface area contributed by atoms with E-state index in [4.69, 9.17) is 4.74 Å². The van der Waals surface area contributed by atoms with Crippen molar-refractivity contribution in [3.05, 3.63) is 0 Å². The molecule has 18 heavy (non-hydrogen) atoms. The second kappa shape index (κ2) is 5.70. The molecule has 0 aromatic heterocycles. The van der Waals surface area contributed by atoms with Crippen molar-refractivity contribution >= 4 is 5.78 Å². The zero-order valence-electron chi connectivity index (χ0n) is 11.8. The summed E-state index contributed by atoms with van der Waals surface area (Å²) in [6, 6.07) is 0. The molecule has 2 fully saturated rings. The molecule has 0 unspecified atom stereocenters. The van der Waals surface area contributed by atoms with Crippen LogP contribution in [0.3, 0.4) is 0 Å². The number of carbonyl (C=O) groups excluding carboxylic acids is 1. The molecule has 0 amide bonds. The molecule has 3 heteroatoms. The van der Waals surface area contributed by atoms with E-state index in [0.717, 1.165) is 6.42 Å². The molecule has 1 aliphatic heterocycles. The number of aliphatic hydroxyl groups excluding tert-OH is 1. The lowest BCUT2D eigenvalue weighted by Crippen LogP contribution is -2.49. The lowest BCUT2D eigenvalue weighted by Gasteiger charge is -2.49. The molecule has 0 aromatic carbocycles. The molecule has 1 heterocycles. The van der Waals surface area contributed by atoms with Crippen LogP contribution in [0.25, 0.3) is 0 Å². The van der Waals surface area contributed by atoms with E-state index in [0.29, 0.717) is 36.7 Å². The van der Waals surface area contributed by atoms with Crippen molar-refractivity contribution in [1.82, 2.24) is 0 Å². The Morgan fingerprint density at radius 3 is 2.67 bits per heavy atom. The average molecular weight is 254 g/mol. The van der Waals surface area contributed by atoms with Gasteiger partial charge < -0.3 is 14.6 Å². The Bertz CT molecular complexity index is 302. The van der Waals surface area contributed by atoms with Gasteiger partial charge in [-0.05, 0) is 43.4 Å². The zero-order valence-corrected chi connectivity index (χ0v) is 11.8. The summed E-state index contributed by atoms with van der Waals surface area (Å²) >= 11 is 0. The van der Waals surface area contributed by atoms with Gasteiger partial charge in [0.1, 0.15) is 5.78 Å². The summed E-state index contributed by atoms with van der Waals surface area (Å²) in [5.74, 6) is 2.62. The van der Waals surface area contributed by atoms with Gasteiger partial charge >= 0.3 is 0 Å². The van der Waals surface area contributed by atoms with Crippen molar-refractivity contribution in [3.8, 4) is 0 Å². The second-order valence-corrected chi connectivity index (χ2v) is 6.40. The van der Waals surface area contributed by atoms with Crippen LogP contribution >= 0.6 is 0 Å². The van der Waals surface area contributed by atoms with Gasteiger partial charge in [-0.25, -0.2) is 0 Å². The molecule has 0 spiro atoms. The first-order valence-electron chi connectivity index (χ1n) is 7.29. The van der Waals surface area contributed by atoms with Crippen LogP contribution < -0.4 is 0 Å². The topological polar surface area (TPSA) is 46.5 Å². The maximum Gasteiger partial charge on any atom is 0.157 e. The Labute approximate surface area is 110 Å². The predicted octanol–water partition coefficient (Wildman–Crippen LogP) is 2.62. The fourth-order valence-electron chi connectivity index (χ4n) is 3.98. The third kappa shape index (κ3) is 2.77. The van der Waals surface area contributed by atoms with Gasteiger partial charge in [0.25, 0.3) is 0 Å². The highest BCUT2D eigenvalue weighted by Gasteiger charge is 2.46. The van der Waals surface area contributed by atoms with Crippen molar-refractivity contribution in [1.29, 1.82) is 0 Å². The number of hydrogen-bond donors (Lipinski definition) is 1. The van der Waals surface area contributed by atoms with Crippen LogP contribution in [0.5, 0.6) is 0 Å². The molecular weight excluding hydrogens is 228 g/mol. The highest BCUT2D eigenvalue weighted by Crippen LogP contribution is 2.48. The Hall–Kier alpha value is -0.410. The number of ether oxygens (including phenoxy) is 1. The number of rotatable bonds is 3. The van der Waals surface area contributed by atoms with Crippen LogP contribution in [0.1, 0.15) is 46.5 Å². The van der Waals surface area contributed by atoms with Crippen LogP contribution in [0.4, 0.5) is 0 Å². The lowest BCUT2D eigenvalue weighted by atomic mass is 9.61. The van der Waals surface area contributed by atoms with Gasteiger partial charge in [0.15, 0.2) is 6.29 Å². The third-order valence-corrected chi connectivity index (χ3v) is 5.09. The molecule has 1 saturated heterocycles. The first-order chi connectivity index (χ1) is 8.50. The molecule has 0 bridgehead atoms. The number of ketones is 1. The SMILES string of the molecule is CC(=O)CC[C@@H]1[C@@H]2[C@@H](CC[C@H]1C)[C@@H](C)CO[C@@H]2O. The van der Waals surface area contributed by atoms with E-state index in [2.05, 4.69) is 13.8 Å². The van der Waals surface area contributed by atoms with Gasteiger partial charge in [-0.15, -0.1) is 0 Å². The van der Waals surface area contributed by atoms with Gasteiger partial charge in [0, 0.05) is 12.3 Å². The standard InChI is InChI=1S/C15H26O3/c1-9-4-6-13-10(2)8-18-15(17)14(13)12(9)7-5-11(3)16/h9-10,12-15,17H,4-8H2,1-3H3/t9-,10+,12+,13+,14-,15+/m1/s1. The molecule has 104 valence electrons. The molecular formula is C15H26O3. The summed E-state index contributed by atoms with van der Waals surface area (Å²) in [7, 11) is 0. The summed E-state index contributed by atoms with van der Waals surface area (Å²) in [6.45, 7) is 6.81. The summed E-state index contributed by atoms with van der Waals surface area (Å²) in [6.07, 6.45) is 3.35. The fraction of sp³-hybridized carbons (Fsp3) is 0.933. The van der Waals surface area contributed by atoms with E-state index < -0.39 is 6.29 Å². The number of carbonyl (C=O) groups is 1. The monoisotopic (exact) mass is 254 g/mol. The Balaban J connectivity index is 2.10. The van der Waals surface area contributed by atoms with Gasteiger partial charge in [-0.2, -0.15) is 0 Å². The minimum absolute atomic E-state index is 0.233. The number of Topliss-reactive ketones (excluding diaryl/α,β-unsaturated/α-hetero) is 1. The van der Waals surface area contributed by atoms with Crippen molar-refractivity contribution in [2.45, 2.75) is 52.7 Å². The minimum atomic E-state index is -0.620. The number of hydrogen-bond acceptors (Lipinski definition) is 3. The number of fused-ring (bicyclic) bond motifs is 1. The summed E-state index contributed by atoms with van der Waals surface area (Å²) in [4.78, 5) is 11.2. The first-order valence-corrected chi connectivity index (χ1v) is 7.29. The molecule has 1 aliphatic carbocycles. The Morgan fingerprint density at radius 2 is 2.00 bits per heavy atom. The summed E-state index contributed by atoms with van der Waals surface area (Å²) < 4.78 is 5.52. The second-order valence-electron chi connectivity index (χ2n) is 6.40. The van der Waals surface area contributed by atoms with E-state index in [9.17, 15) is 9.90 Å². The highest BCUT2D eigenvalue weighted by molar-refractivity contribution is 5.75. The van der Waals surface area contributed by atoms with Crippen LogP contribution in [0, 0.1) is 29.6 Å². The molecule has 0 aromatic rings. The normalized spacial score (nSPS) is 44.4. The molecule has 1 N–H and O–H groups in total. The molecule has 1 saturated carbocycles. The minimum Gasteiger partial charge on any atom is -0.368 e. The van der Waals surface area contributed by atoms with E-state index in [1.54, 1.807) is 6.92 Å². The van der Waals surface area contributed by atoms with Crippen LogP contribution in [-0.4, -0.2) is 23.8 Å². The molecule has 2 aliphatic rings. The van der Waals surface area contributed by atoms with Gasteiger partial charge in [0.05, 0.1) is 6.61 Å². The Morgan fingerprint density at radius 1 is 1.28 bits per heavy atom. The first kappa shape index (κ1) is 14.0. The maximum absolute atomic E-state index is 11.2. The third-order valence-electron chi connectivity index (χ3n) is 5.09. The van der Waals surface area contributed by atoms with Gasteiger partial charge in [0.2, 0.25) is 0 Å². The quantitative estimate of drug-likeness (QED) is 0.842. The molecule has 6 atom stereocenters. The highest BCUT2D eigenvalue weighted by atomic mass is 16.6. The van der Waals surface area contributed by atoms with Crippen LogP contribution in [-0.2, 0) is 9.53 Å². The van der Waals surface area contributed by atoms with Crippen molar-refractivity contribution in [2.24, 2.45) is 29.6 Å². The van der Waals surface area contributed by atoms with Gasteiger partial charge in [-0.3, -0.25) is 0 Å². The van der Waals surface area contributed by atoms with Crippen molar-refractivity contribution < 1.29 is 14.6 Å². The van der Waals surface area contributed by atoms with Crippen molar-refractivity contribution in [3.63, 3.8) is 0 Å². The molecule has 3 nitrogen and oxygen atoms in total. The molecule has 2 rings (SSSR count). The van der Waals surface area contributed by atoms with E-state index >= 15 is 0 Å². The lowest BCUT2D eigenvalue weighted by molar-refractivity contribution is -0.223. The zero-order chi connectivity index (χ0) is 13.3. The maximum atomic E-state index is 11.2. The van der Waals surface area contributed by atoms with Crippen LogP contribution in [0.15, 0.2) is 0 Å². The van der Waals surface area contributed by atoms with Crippen LogP contribution in [0.2, 0.25) is 0 Å². The molecule has 0 radical (unpaired) electrons. The fourth-order valence-corrected chi connectivity index (χ4v) is 3.98. The summed E-state index contributed by atoms with van der Waals surface area (Å²) in [5, 5.41) is 10.2. The van der Waals surface area contributed by atoms with E-state index in [-0.39, 0.29) is 11.7 Å². The van der Waals surface area contributed by atoms with Crippen molar-refractivity contribution in [2.75, 3.05) is 6.61 Å². The smallest absolute Gasteiger partial charge is 0.157 e. The number of aliphatic hydroxyl groups is 1. The predicted molar refractivity (Wildman–Crippen MR) is 69.9 cm³/mol. The van der Waals surface area contributed by atoms with E-state index in [1.807, 2.05) is 0 Å². The Kier molecular flexibility index (Phi) is 4.44. The largest absolute Gasteiger partial charge is 0.368 e. The van der Waals surface area contributed by atoms with Gasteiger partial charge in [-0.1, -0.05) is 20.3 Å². The average Bonchev–Trinajstić information content (AvgIpc) is 2.32. The summed E-state index contributed by atoms with van der Waals surface area (Å²) in [5.41, 5.74) is 0. The van der Waals surface area contributed by atoms with E-state index in [1.165, 1.54) is 12.8 Å².